The Morgan fingerprint density at radius 2 is 2.21 bits per heavy atom. The van der Waals surface area contributed by atoms with Crippen molar-refractivity contribution in [1.29, 1.82) is 0 Å². The number of para-hydroxylation sites is 1. The number of rotatable bonds is 5. The number of nitrogens with one attached hydrogen (secondary N) is 1. The lowest BCUT2D eigenvalue weighted by Crippen LogP contribution is -2.43. The van der Waals surface area contributed by atoms with Crippen LogP contribution in [0.25, 0.3) is 0 Å². The Bertz CT molecular complexity index is 407. The molecule has 106 valence electrons. The van der Waals surface area contributed by atoms with Crippen LogP contribution in [0.4, 0.5) is 0 Å². The molecule has 0 amide bonds. The number of hydrogen-bond donors (Lipinski definition) is 2. The van der Waals surface area contributed by atoms with Crippen molar-refractivity contribution in [2.75, 3.05) is 13.7 Å². The Morgan fingerprint density at radius 1 is 1.42 bits per heavy atom. The first-order chi connectivity index (χ1) is 9.13. The first-order valence-corrected chi connectivity index (χ1v) is 7.18. The summed E-state index contributed by atoms with van der Waals surface area (Å²) >= 11 is 0. The maximum Gasteiger partial charge on any atom is 0.123 e. The van der Waals surface area contributed by atoms with Gasteiger partial charge in [0, 0.05) is 18.7 Å². The predicted molar refractivity (Wildman–Crippen MR) is 77.3 cm³/mol. The summed E-state index contributed by atoms with van der Waals surface area (Å²) in [5.41, 5.74) is 0.608. The Morgan fingerprint density at radius 3 is 2.95 bits per heavy atom. The molecule has 0 saturated heterocycles. The quantitative estimate of drug-likeness (QED) is 0.858. The van der Waals surface area contributed by atoms with Crippen LogP contribution in [-0.2, 0) is 6.54 Å². The Kier molecular flexibility index (Phi) is 4.83. The average molecular weight is 263 g/mol. The highest BCUT2D eigenvalue weighted by atomic mass is 16.5. The lowest BCUT2D eigenvalue weighted by molar-refractivity contribution is -0.0119. The molecule has 0 radical (unpaired) electrons. The molecule has 1 aromatic carbocycles. The van der Waals surface area contributed by atoms with Crippen molar-refractivity contribution in [2.24, 2.45) is 5.92 Å². The standard InChI is InChI=1S/C16H25NO2/c1-13-6-5-9-16(18,10-13)12-17-11-14-7-3-4-8-15(14)19-2/h3-4,7-8,13,17-18H,5-6,9-12H2,1-2H3. The fourth-order valence-electron chi connectivity index (χ4n) is 3.07. The number of methoxy groups -OCH3 is 1. The first-order valence-electron chi connectivity index (χ1n) is 7.18. The third-order valence-electron chi connectivity index (χ3n) is 4.03. The SMILES string of the molecule is COc1ccccc1CNCC1(O)CCCC(C)C1. The molecule has 0 heterocycles. The monoisotopic (exact) mass is 263 g/mol. The summed E-state index contributed by atoms with van der Waals surface area (Å²) in [6, 6.07) is 8.00. The van der Waals surface area contributed by atoms with E-state index in [9.17, 15) is 5.11 Å². The van der Waals surface area contributed by atoms with Crippen molar-refractivity contribution in [1.82, 2.24) is 5.32 Å². The van der Waals surface area contributed by atoms with Crippen molar-refractivity contribution >= 4 is 0 Å². The minimum atomic E-state index is -0.528. The molecular formula is C16H25NO2. The number of hydrogen-bond acceptors (Lipinski definition) is 3. The molecule has 2 unspecified atom stereocenters. The Balaban J connectivity index is 1.86. The molecule has 19 heavy (non-hydrogen) atoms. The van der Waals surface area contributed by atoms with Crippen molar-refractivity contribution < 1.29 is 9.84 Å². The van der Waals surface area contributed by atoms with E-state index < -0.39 is 5.60 Å². The van der Waals surface area contributed by atoms with Gasteiger partial charge in [0.1, 0.15) is 5.75 Å². The summed E-state index contributed by atoms with van der Waals surface area (Å²) in [4.78, 5) is 0. The van der Waals surface area contributed by atoms with Gasteiger partial charge in [-0.15, -0.1) is 0 Å². The Labute approximate surface area is 116 Å². The highest BCUT2D eigenvalue weighted by Gasteiger charge is 2.31. The van der Waals surface area contributed by atoms with E-state index >= 15 is 0 Å². The molecule has 0 aliphatic heterocycles. The highest BCUT2D eigenvalue weighted by Crippen LogP contribution is 2.31. The number of benzene rings is 1. The topological polar surface area (TPSA) is 41.5 Å². The van der Waals surface area contributed by atoms with Gasteiger partial charge in [0.15, 0.2) is 0 Å². The van der Waals surface area contributed by atoms with Gasteiger partial charge in [0.05, 0.1) is 12.7 Å². The largest absolute Gasteiger partial charge is 0.496 e. The van der Waals surface area contributed by atoms with Gasteiger partial charge in [-0.25, -0.2) is 0 Å². The van der Waals surface area contributed by atoms with Gasteiger partial charge in [-0.1, -0.05) is 38.0 Å². The van der Waals surface area contributed by atoms with E-state index in [1.807, 2.05) is 18.2 Å². The van der Waals surface area contributed by atoms with Crippen LogP contribution in [0.15, 0.2) is 24.3 Å². The molecule has 2 atom stereocenters. The molecule has 2 rings (SSSR count). The van der Waals surface area contributed by atoms with Crippen LogP contribution >= 0.6 is 0 Å². The second kappa shape index (κ2) is 6.40. The molecule has 0 aromatic heterocycles. The predicted octanol–water partition coefficient (Wildman–Crippen LogP) is 2.73. The molecule has 1 aliphatic rings. The summed E-state index contributed by atoms with van der Waals surface area (Å²) in [7, 11) is 1.69. The Hall–Kier alpha value is -1.06. The van der Waals surface area contributed by atoms with Crippen molar-refractivity contribution in [3.63, 3.8) is 0 Å². The van der Waals surface area contributed by atoms with E-state index in [0.717, 1.165) is 37.1 Å². The van der Waals surface area contributed by atoms with Crippen molar-refractivity contribution in [3.8, 4) is 5.75 Å². The van der Waals surface area contributed by atoms with Gasteiger partial charge < -0.3 is 15.2 Å². The molecule has 1 saturated carbocycles. The molecule has 3 nitrogen and oxygen atoms in total. The zero-order valence-corrected chi connectivity index (χ0v) is 12.0. The molecular weight excluding hydrogens is 238 g/mol. The third-order valence-corrected chi connectivity index (χ3v) is 4.03. The fraction of sp³-hybridized carbons (Fsp3) is 0.625. The van der Waals surface area contributed by atoms with Gasteiger partial charge in [-0.05, 0) is 24.8 Å². The maximum atomic E-state index is 10.6. The molecule has 0 bridgehead atoms. The minimum Gasteiger partial charge on any atom is -0.496 e. The highest BCUT2D eigenvalue weighted by molar-refractivity contribution is 5.32. The van der Waals surface area contributed by atoms with E-state index in [0.29, 0.717) is 12.5 Å². The lowest BCUT2D eigenvalue weighted by atomic mass is 9.79. The van der Waals surface area contributed by atoms with Crippen LogP contribution in [0.3, 0.4) is 0 Å². The van der Waals surface area contributed by atoms with Gasteiger partial charge >= 0.3 is 0 Å². The van der Waals surface area contributed by atoms with E-state index in [4.69, 9.17) is 4.74 Å². The van der Waals surface area contributed by atoms with Crippen LogP contribution in [0.1, 0.15) is 38.2 Å². The van der Waals surface area contributed by atoms with Crippen molar-refractivity contribution in [3.05, 3.63) is 29.8 Å². The maximum absolute atomic E-state index is 10.6. The molecule has 2 N–H and O–H groups in total. The molecule has 3 heteroatoms. The third kappa shape index (κ3) is 3.95. The van der Waals surface area contributed by atoms with Gasteiger partial charge in [0.2, 0.25) is 0 Å². The van der Waals surface area contributed by atoms with Crippen molar-refractivity contribution in [2.45, 2.75) is 44.8 Å². The van der Waals surface area contributed by atoms with Gasteiger partial charge in [-0.2, -0.15) is 0 Å². The zero-order chi connectivity index (χ0) is 13.7. The van der Waals surface area contributed by atoms with E-state index in [1.54, 1.807) is 7.11 Å². The number of aliphatic hydroxyl groups is 1. The summed E-state index contributed by atoms with van der Waals surface area (Å²) in [5, 5.41) is 13.9. The van der Waals surface area contributed by atoms with Crippen LogP contribution in [0.2, 0.25) is 0 Å². The van der Waals surface area contributed by atoms with Crippen LogP contribution < -0.4 is 10.1 Å². The summed E-state index contributed by atoms with van der Waals surface area (Å²) in [6.07, 6.45) is 4.20. The normalized spacial score (nSPS) is 27.2. The fourth-order valence-corrected chi connectivity index (χ4v) is 3.07. The molecule has 0 spiro atoms. The minimum absolute atomic E-state index is 0.528. The summed E-state index contributed by atoms with van der Waals surface area (Å²) < 4.78 is 5.33. The second-order valence-corrected chi connectivity index (χ2v) is 5.84. The summed E-state index contributed by atoms with van der Waals surface area (Å²) in [6.45, 7) is 3.63. The average Bonchev–Trinajstić information content (AvgIpc) is 2.39. The molecule has 1 aromatic rings. The van der Waals surface area contributed by atoms with E-state index in [2.05, 4.69) is 18.3 Å². The van der Waals surface area contributed by atoms with Gasteiger partial charge in [-0.3, -0.25) is 0 Å². The number of ether oxygens (including phenoxy) is 1. The summed E-state index contributed by atoms with van der Waals surface area (Å²) in [5.74, 6) is 1.53. The zero-order valence-electron chi connectivity index (χ0n) is 12.0. The van der Waals surface area contributed by atoms with E-state index in [-0.39, 0.29) is 0 Å². The lowest BCUT2D eigenvalue weighted by Gasteiger charge is -2.35. The van der Waals surface area contributed by atoms with Crippen LogP contribution in [0.5, 0.6) is 5.75 Å². The van der Waals surface area contributed by atoms with E-state index in [1.165, 1.54) is 6.42 Å². The second-order valence-electron chi connectivity index (χ2n) is 5.84. The van der Waals surface area contributed by atoms with Crippen LogP contribution in [0, 0.1) is 5.92 Å². The molecule has 1 aliphatic carbocycles. The molecule has 1 fully saturated rings. The van der Waals surface area contributed by atoms with Crippen LogP contribution in [-0.4, -0.2) is 24.4 Å². The first kappa shape index (κ1) is 14.4. The smallest absolute Gasteiger partial charge is 0.123 e. The van der Waals surface area contributed by atoms with Gasteiger partial charge in [0.25, 0.3) is 0 Å².